The number of hydrogen-bond acceptors (Lipinski definition) is 3. The molecule has 0 spiro atoms. The van der Waals surface area contributed by atoms with E-state index < -0.39 is 0 Å². The number of carbonyl (C=O) groups is 1. The second-order valence-corrected chi connectivity index (χ2v) is 5.92. The molecule has 0 radical (unpaired) electrons. The SMILES string of the molecule is CN(C[C@@H]1CCc2nccn2C1)C(=O)c1cc(C#N)cn1C. The highest BCUT2D eigenvalue weighted by atomic mass is 16.2. The molecular weight excluding hydrogens is 278 g/mol. The zero-order chi connectivity index (χ0) is 15.7. The van der Waals surface area contributed by atoms with Crippen molar-refractivity contribution in [1.82, 2.24) is 19.0 Å². The molecule has 2 aromatic rings. The Kier molecular flexibility index (Phi) is 3.72. The van der Waals surface area contributed by atoms with Crippen LogP contribution in [0.4, 0.5) is 0 Å². The lowest BCUT2D eigenvalue weighted by Crippen LogP contribution is -2.36. The third-order valence-electron chi connectivity index (χ3n) is 4.26. The first-order valence-electron chi connectivity index (χ1n) is 7.40. The van der Waals surface area contributed by atoms with Gasteiger partial charge in [-0.1, -0.05) is 0 Å². The maximum Gasteiger partial charge on any atom is 0.270 e. The molecule has 0 saturated carbocycles. The van der Waals surface area contributed by atoms with E-state index in [-0.39, 0.29) is 5.91 Å². The summed E-state index contributed by atoms with van der Waals surface area (Å²) in [7, 11) is 3.62. The molecule has 22 heavy (non-hydrogen) atoms. The molecule has 1 atom stereocenters. The third-order valence-corrected chi connectivity index (χ3v) is 4.26. The van der Waals surface area contributed by atoms with Crippen LogP contribution in [0.15, 0.2) is 24.7 Å². The predicted octanol–water partition coefficient (Wildman–Crippen LogP) is 1.43. The molecule has 6 nitrogen and oxygen atoms in total. The Bertz CT molecular complexity index is 736. The summed E-state index contributed by atoms with van der Waals surface area (Å²) >= 11 is 0. The first kappa shape index (κ1) is 14.4. The summed E-state index contributed by atoms with van der Waals surface area (Å²) in [5, 5.41) is 8.93. The van der Waals surface area contributed by atoms with Crippen molar-refractivity contribution in [2.24, 2.45) is 13.0 Å². The minimum absolute atomic E-state index is 0.0413. The van der Waals surface area contributed by atoms with Gasteiger partial charge in [0.05, 0.1) is 5.56 Å². The maximum atomic E-state index is 12.5. The third kappa shape index (κ3) is 2.62. The normalized spacial score (nSPS) is 16.9. The van der Waals surface area contributed by atoms with E-state index in [2.05, 4.69) is 15.6 Å². The van der Waals surface area contributed by atoms with Gasteiger partial charge >= 0.3 is 0 Å². The van der Waals surface area contributed by atoms with Crippen LogP contribution in [0, 0.1) is 17.2 Å². The van der Waals surface area contributed by atoms with Gasteiger partial charge in [0, 0.05) is 52.2 Å². The highest BCUT2D eigenvalue weighted by Gasteiger charge is 2.23. The van der Waals surface area contributed by atoms with Crippen molar-refractivity contribution >= 4 is 5.91 Å². The fraction of sp³-hybridized carbons (Fsp3) is 0.438. The molecule has 0 unspecified atom stereocenters. The number of nitrogens with zero attached hydrogens (tertiary/aromatic N) is 5. The van der Waals surface area contributed by atoms with Gasteiger partial charge in [-0.05, 0) is 18.4 Å². The molecule has 0 fully saturated rings. The van der Waals surface area contributed by atoms with Gasteiger partial charge < -0.3 is 14.0 Å². The van der Waals surface area contributed by atoms with Gasteiger partial charge in [0.25, 0.3) is 5.91 Å². The number of rotatable bonds is 3. The molecule has 114 valence electrons. The summed E-state index contributed by atoms with van der Waals surface area (Å²) in [4.78, 5) is 18.6. The number of fused-ring (bicyclic) bond motifs is 1. The highest BCUT2D eigenvalue weighted by molar-refractivity contribution is 5.93. The number of nitriles is 1. The highest BCUT2D eigenvalue weighted by Crippen LogP contribution is 2.20. The fourth-order valence-electron chi connectivity index (χ4n) is 3.09. The predicted molar refractivity (Wildman–Crippen MR) is 81.1 cm³/mol. The monoisotopic (exact) mass is 297 g/mol. The first-order valence-corrected chi connectivity index (χ1v) is 7.40. The average Bonchev–Trinajstić information content (AvgIpc) is 3.12. The van der Waals surface area contributed by atoms with Crippen molar-refractivity contribution in [3.63, 3.8) is 0 Å². The smallest absolute Gasteiger partial charge is 0.270 e. The molecule has 3 heterocycles. The largest absolute Gasteiger partial charge is 0.345 e. The van der Waals surface area contributed by atoms with Crippen LogP contribution in [-0.2, 0) is 20.0 Å². The fourth-order valence-corrected chi connectivity index (χ4v) is 3.09. The second-order valence-electron chi connectivity index (χ2n) is 5.92. The van der Waals surface area contributed by atoms with Gasteiger partial charge in [-0.15, -0.1) is 0 Å². The Morgan fingerprint density at radius 1 is 1.59 bits per heavy atom. The molecule has 0 saturated heterocycles. The maximum absolute atomic E-state index is 12.5. The van der Waals surface area contributed by atoms with Crippen LogP contribution in [0.5, 0.6) is 0 Å². The van der Waals surface area contributed by atoms with Gasteiger partial charge in [0.15, 0.2) is 0 Å². The standard InChI is InChI=1S/C16H19N5O/c1-19-10-13(8-17)7-14(19)16(22)20(2)9-12-3-4-15-18-5-6-21(15)11-12/h5-7,10,12H,3-4,9,11H2,1-2H3/t12-/m0/s1. The molecule has 3 rings (SSSR count). The van der Waals surface area contributed by atoms with Crippen LogP contribution >= 0.6 is 0 Å². The van der Waals surface area contributed by atoms with E-state index in [1.54, 1.807) is 28.8 Å². The lowest BCUT2D eigenvalue weighted by Gasteiger charge is -2.28. The molecule has 0 N–H and O–H groups in total. The van der Waals surface area contributed by atoms with Gasteiger partial charge in [-0.25, -0.2) is 4.98 Å². The number of carbonyl (C=O) groups excluding carboxylic acids is 1. The van der Waals surface area contributed by atoms with E-state index in [0.717, 1.165) is 25.2 Å². The van der Waals surface area contributed by atoms with E-state index in [1.807, 2.05) is 19.4 Å². The van der Waals surface area contributed by atoms with Crippen molar-refractivity contribution in [3.05, 3.63) is 41.7 Å². The first-order chi connectivity index (χ1) is 10.6. The summed E-state index contributed by atoms with van der Waals surface area (Å²) in [6.45, 7) is 1.62. The molecule has 0 aliphatic carbocycles. The molecule has 0 aromatic carbocycles. The zero-order valence-corrected chi connectivity index (χ0v) is 12.9. The Morgan fingerprint density at radius 3 is 3.14 bits per heavy atom. The minimum Gasteiger partial charge on any atom is -0.345 e. The quantitative estimate of drug-likeness (QED) is 0.860. The minimum atomic E-state index is -0.0413. The van der Waals surface area contributed by atoms with Crippen LogP contribution in [0.3, 0.4) is 0 Å². The molecular formula is C16H19N5O. The summed E-state index contributed by atoms with van der Waals surface area (Å²) in [6, 6.07) is 3.72. The van der Waals surface area contributed by atoms with Gasteiger partial charge in [0.1, 0.15) is 17.6 Å². The van der Waals surface area contributed by atoms with Gasteiger partial charge in [-0.2, -0.15) is 5.26 Å². The number of imidazole rings is 1. The molecule has 1 amide bonds. The molecule has 6 heteroatoms. The van der Waals surface area contributed by atoms with Crippen molar-refractivity contribution in [1.29, 1.82) is 5.26 Å². The molecule has 1 aliphatic heterocycles. The lowest BCUT2D eigenvalue weighted by atomic mass is 9.99. The summed E-state index contributed by atoms with van der Waals surface area (Å²) < 4.78 is 3.88. The van der Waals surface area contributed by atoms with Crippen LogP contribution in [-0.4, -0.2) is 38.5 Å². The summed E-state index contributed by atoms with van der Waals surface area (Å²) in [6.07, 6.45) is 7.52. The van der Waals surface area contributed by atoms with Crippen molar-refractivity contribution in [3.8, 4) is 6.07 Å². The van der Waals surface area contributed by atoms with Crippen molar-refractivity contribution in [2.45, 2.75) is 19.4 Å². The van der Waals surface area contributed by atoms with E-state index >= 15 is 0 Å². The Morgan fingerprint density at radius 2 is 2.41 bits per heavy atom. The lowest BCUT2D eigenvalue weighted by molar-refractivity contribution is 0.0751. The Balaban J connectivity index is 1.67. The zero-order valence-electron chi connectivity index (χ0n) is 12.9. The van der Waals surface area contributed by atoms with E-state index in [9.17, 15) is 4.79 Å². The number of aryl methyl sites for hydroxylation is 2. The van der Waals surface area contributed by atoms with Gasteiger partial charge in [0.2, 0.25) is 0 Å². The molecule has 1 aliphatic rings. The number of aromatic nitrogens is 3. The summed E-state index contributed by atoms with van der Waals surface area (Å²) in [5.41, 5.74) is 1.07. The van der Waals surface area contributed by atoms with Crippen LogP contribution in [0.1, 0.15) is 28.3 Å². The van der Waals surface area contributed by atoms with Crippen molar-refractivity contribution in [2.75, 3.05) is 13.6 Å². The number of amides is 1. The Labute approximate surface area is 129 Å². The van der Waals surface area contributed by atoms with E-state index in [0.29, 0.717) is 23.7 Å². The van der Waals surface area contributed by atoms with E-state index in [1.165, 1.54) is 0 Å². The van der Waals surface area contributed by atoms with Crippen LogP contribution in [0.25, 0.3) is 0 Å². The second kappa shape index (κ2) is 5.68. The molecule has 2 aromatic heterocycles. The average molecular weight is 297 g/mol. The molecule has 0 bridgehead atoms. The van der Waals surface area contributed by atoms with Crippen molar-refractivity contribution < 1.29 is 4.79 Å². The number of hydrogen-bond donors (Lipinski definition) is 0. The van der Waals surface area contributed by atoms with Crippen LogP contribution < -0.4 is 0 Å². The van der Waals surface area contributed by atoms with E-state index in [4.69, 9.17) is 5.26 Å². The Hall–Kier alpha value is -2.55. The van der Waals surface area contributed by atoms with Crippen LogP contribution in [0.2, 0.25) is 0 Å². The van der Waals surface area contributed by atoms with Gasteiger partial charge in [-0.3, -0.25) is 4.79 Å². The topological polar surface area (TPSA) is 66.8 Å². The summed E-state index contributed by atoms with van der Waals surface area (Å²) in [5.74, 6) is 1.53.